The van der Waals surface area contributed by atoms with Gasteiger partial charge in [-0.05, 0) is 48.6 Å². The maximum atomic E-state index is 12.9. The van der Waals surface area contributed by atoms with Crippen LogP contribution in [-0.4, -0.2) is 63.5 Å². The second-order valence-corrected chi connectivity index (χ2v) is 9.35. The molecule has 0 spiro atoms. The number of hydrogen-bond acceptors (Lipinski definition) is 4. The van der Waals surface area contributed by atoms with Gasteiger partial charge in [-0.1, -0.05) is 36.8 Å². The minimum Gasteiger partial charge on any atom is -0.394 e. The standard InChI is InChI=1S/C27H29N3O3/c31-18-24-26(21-12-10-20(11-13-21)8-3-7-19-5-1-2-6-19)23-16-29(17-25(32)30(23)24)27(33)22-9-4-14-28-15-22/h4,9-15,19,23-24,26,31H,1-2,5-7,16-18H2/t23-,24+,26-/m1/s1. The fourth-order valence-electron chi connectivity index (χ4n) is 5.63. The molecule has 1 saturated carbocycles. The van der Waals surface area contributed by atoms with Crippen molar-refractivity contribution in [2.45, 2.75) is 50.1 Å². The van der Waals surface area contributed by atoms with Crippen LogP contribution in [0, 0.1) is 17.8 Å². The van der Waals surface area contributed by atoms with Crippen molar-refractivity contribution in [3.8, 4) is 11.8 Å². The average molecular weight is 444 g/mol. The topological polar surface area (TPSA) is 73.7 Å². The molecule has 1 N–H and O–H groups in total. The number of benzene rings is 1. The number of aliphatic hydroxyl groups excluding tert-OH is 1. The van der Waals surface area contributed by atoms with Gasteiger partial charge in [0.2, 0.25) is 5.91 Å². The molecule has 1 aliphatic carbocycles. The third-order valence-electron chi connectivity index (χ3n) is 7.34. The Balaban J connectivity index is 1.30. The molecule has 33 heavy (non-hydrogen) atoms. The number of hydrogen-bond donors (Lipinski definition) is 1. The van der Waals surface area contributed by atoms with E-state index in [0.29, 0.717) is 12.1 Å². The molecule has 0 bridgehead atoms. The monoisotopic (exact) mass is 443 g/mol. The van der Waals surface area contributed by atoms with Crippen LogP contribution in [0.25, 0.3) is 0 Å². The first-order valence-corrected chi connectivity index (χ1v) is 11.9. The van der Waals surface area contributed by atoms with Crippen LogP contribution in [0.1, 0.15) is 59.5 Å². The van der Waals surface area contributed by atoms with Crippen LogP contribution in [0.15, 0.2) is 48.8 Å². The van der Waals surface area contributed by atoms with E-state index in [1.807, 2.05) is 12.1 Å². The van der Waals surface area contributed by atoms with E-state index in [1.54, 1.807) is 28.1 Å². The molecule has 3 fully saturated rings. The van der Waals surface area contributed by atoms with E-state index in [0.717, 1.165) is 23.5 Å². The van der Waals surface area contributed by atoms with Crippen molar-refractivity contribution >= 4 is 11.8 Å². The van der Waals surface area contributed by atoms with Gasteiger partial charge in [0.1, 0.15) is 6.54 Å². The molecule has 0 radical (unpaired) electrons. The third kappa shape index (κ3) is 4.26. The highest BCUT2D eigenvalue weighted by Crippen LogP contribution is 2.43. The van der Waals surface area contributed by atoms with Crippen LogP contribution in [-0.2, 0) is 4.79 Å². The fourth-order valence-corrected chi connectivity index (χ4v) is 5.63. The summed E-state index contributed by atoms with van der Waals surface area (Å²) in [6.45, 7) is 0.388. The molecule has 2 aromatic rings. The van der Waals surface area contributed by atoms with Crippen molar-refractivity contribution in [2.24, 2.45) is 5.92 Å². The largest absolute Gasteiger partial charge is 0.394 e. The maximum absolute atomic E-state index is 12.9. The molecule has 6 nitrogen and oxygen atoms in total. The number of nitrogens with zero attached hydrogens (tertiary/aromatic N) is 3. The SMILES string of the molecule is O=C(c1cccnc1)N1CC(=O)N2[C@H](C1)[C@@H](c1ccc(C#CCC3CCCC3)cc1)[C@@H]2CO. The van der Waals surface area contributed by atoms with E-state index in [9.17, 15) is 14.7 Å². The molecule has 2 aliphatic heterocycles. The van der Waals surface area contributed by atoms with Crippen LogP contribution < -0.4 is 0 Å². The zero-order valence-corrected chi connectivity index (χ0v) is 18.7. The first-order valence-electron chi connectivity index (χ1n) is 11.9. The second kappa shape index (κ2) is 9.36. The first-order chi connectivity index (χ1) is 16.2. The molecule has 1 aromatic carbocycles. The molecule has 6 heteroatoms. The lowest BCUT2D eigenvalue weighted by Gasteiger charge is -2.58. The van der Waals surface area contributed by atoms with E-state index in [2.05, 4.69) is 29.0 Å². The number of carbonyl (C=O) groups excluding carboxylic acids is 2. The smallest absolute Gasteiger partial charge is 0.255 e. The van der Waals surface area contributed by atoms with Crippen LogP contribution in [0.2, 0.25) is 0 Å². The van der Waals surface area contributed by atoms with Gasteiger partial charge in [0.15, 0.2) is 0 Å². The second-order valence-electron chi connectivity index (χ2n) is 9.35. The normalized spacial score (nSPS) is 24.6. The third-order valence-corrected chi connectivity index (χ3v) is 7.34. The van der Waals surface area contributed by atoms with Crippen LogP contribution >= 0.6 is 0 Å². The molecule has 170 valence electrons. The lowest BCUT2D eigenvalue weighted by Crippen LogP contribution is -2.73. The van der Waals surface area contributed by atoms with Crippen molar-refractivity contribution in [1.82, 2.24) is 14.8 Å². The molecule has 3 atom stereocenters. The number of aliphatic hydroxyl groups is 1. The van der Waals surface area contributed by atoms with Crippen LogP contribution in [0.4, 0.5) is 0 Å². The number of aromatic nitrogens is 1. The summed E-state index contributed by atoms with van der Waals surface area (Å²) in [6, 6.07) is 11.2. The van der Waals surface area contributed by atoms with Gasteiger partial charge in [-0.15, -0.1) is 0 Å². The van der Waals surface area contributed by atoms with Gasteiger partial charge in [-0.25, -0.2) is 0 Å². The predicted molar refractivity (Wildman–Crippen MR) is 124 cm³/mol. The Labute approximate surface area is 194 Å². The molecular formula is C27H29N3O3. The first kappa shape index (κ1) is 21.7. The lowest BCUT2D eigenvalue weighted by atomic mass is 9.73. The van der Waals surface area contributed by atoms with Gasteiger partial charge in [-0.2, -0.15) is 0 Å². The van der Waals surface area contributed by atoms with Crippen molar-refractivity contribution in [3.05, 3.63) is 65.5 Å². The number of pyridine rings is 1. The van der Waals surface area contributed by atoms with Crippen LogP contribution in [0.5, 0.6) is 0 Å². The van der Waals surface area contributed by atoms with E-state index >= 15 is 0 Å². The maximum Gasteiger partial charge on any atom is 0.255 e. The summed E-state index contributed by atoms with van der Waals surface area (Å²) >= 11 is 0. The molecule has 0 unspecified atom stereocenters. The lowest BCUT2D eigenvalue weighted by molar-refractivity contribution is -0.159. The van der Waals surface area contributed by atoms with Crippen molar-refractivity contribution in [3.63, 3.8) is 0 Å². The van der Waals surface area contributed by atoms with E-state index in [4.69, 9.17) is 0 Å². The predicted octanol–water partition coefficient (Wildman–Crippen LogP) is 2.82. The molecule has 1 aromatic heterocycles. The van der Waals surface area contributed by atoms with E-state index < -0.39 is 0 Å². The Morgan fingerprint density at radius 2 is 1.94 bits per heavy atom. The number of piperazine rings is 1. The fraction of sp³-hybridized carbons (Fsp3) is 0.444. The van der Waals surface area contributed by atoms with Crippen molar-refractivity contribution < 1.29 is 14.7 Å². The van der Waals surface area contributed by atoms with E-state index in [-0.39, 0.29) is 43.0 Å². The number of fused-ring (bicyclic) bond motifs is 1. The summed E-state index contributed by atoms with van der Waals surface area (Å²) in [5.74, 6) is 7.05. The Morgan fingerprint density at radius 1 is 1.15 bits per heavy atom. The summed E-state index contributed by atoms with van der Waals surface area (Å²) in [4.78, 5) is 33.1. The van der Waals surface area contributed by atoms with Crippen molar-refractivity contribution in [2.75, 3.05) is 19.7 Å². The molecule has 2 amide bonds. The number of rotatable bonds is 4. The van der Waals surface area contributed by atoms with Gasteiger partial charge in [0.25, 0.3) is 5.91 Å². The molecular weight excluding hydrogens is 414 g/mol. The summed E-state index contributed by atoms with van der Waals surface area (Å²) in [5, 5.41) is 10.00. The Hall–Kier alpha value is -3.17. The van der Waals surface area contributed by atoms with Crippen molar-refractivity contribution in [1.29, 1.82) is 0 Å². The Kier molecular flexibility index (Phi) is 6.15. The van der Waals surface area contributed by atoms with Gasteiger partial charge in [0.05, 0.1) is 24.3 Å². The van der Waals surface area contributed by atoms with Gasteiger partial charge in [0, 0.05) is 36.8 Å². The zero-order chi connectivity index (χ0) is 22.8. The summed E-state index contributed by atoms with van der Waals surface area (Å²) in [7, 11) is 0. The van der Waals surface area contributed by atoms with Gasteiger partial charge >= 0.3 is 0 Å². The number of amides is 2. The zero-order valence-electron chi connectivity index (χ0n) is 18.7. The highest BCUT2D eigenvalue weighted by atomic mass is 16.3. The minimum absolute atomic E-state index is 0.0102. The van der Waals surface area contributed by atoms with Gasteiger partial charge in [-0.3, -0.25) is 14.6 Å². The molecule has 2 saturated heterocycles. The molecule has 5 rings (SSSR count). The van der Waals surface area contributed by atoms with Crippen LogP contribution in [0.3, 0.4) is 0 Å². The number of carbonyl (C=O) groups is 2. The minimum atomic E-state index is -0.252. The van der Waals surface area contributed by atoms with E-state index in [1.165, 1.54) is 31.9 Å². The Morgan fingerprint density at radius 3 is 2.64 bits per heavy atom. The Bertz CT molecular complexity index is 1070. The molecule has 3 heterocycles. The highest BCUT2D eigenvalue weighted by molar-refractivity contribution is 5.97. The highest BCUT2D eigenvalue weighted by Gasteiger charge is 2.54. The summed E-state index contributed by atoms with van der Waals surface area (Å²) < 4.78 is 0. The summed E-state index contributed by atoms with van der Waals surface area (Å²) in [5.41, 5.74) is 2.54. The van der Waals surface area contributed by atoms with Gasteiger partial charge < -0.3 is 14.9 Å². The molecule has 3 aliphatic rings. The average Bonchev–Trinajstić information content (AvgIpc) is 3.35. The quantitative estimate of drug-likeness (QED) is 0.738. The summed E-state index contributed by atoms with van der Waals surface area (Å²) in [6.07, 6.45) is 9.39.